The minimum absolute atomic E-state index is 0.208. The van der Waals surface area contributed by atoms with Crippen molar-refractivity contribution >= 4 is 119 Å². The van der Waals surface area contributed by atoms with Crippen molar-refractivity contribution in [3.63, 3.8) is 0 Å². The van der Waals surface area contributed by atoms with Gasteiger partial charge in [0.25, 0.3) is 5.79 Å². The van der Waals surface area contributed by atoms with Crippen LogP contribution in [0, 0.1) is 0 Å². The molecule has 6 heterocycles. The smallest absolute Gasteiger partial charge is 0.366 e. The van der Waals surface area contributed by atoms with Gasteiger partial charge in [-0.05, 0) is 19.8 Å². The second-order valence-electron chi connectivity index (χ2n) is 31.2. The van der Waals surface area contributed by atoms with Crippen LogP contribution in [0.4, 0.5) is 0 Å². The first-order chi connectivity index (χ1) is 63.3. The second kappa shape index (κ2) is 52.1. The van der Waals surface area contributed by atoms with Crippen molar-refractivity contribution in [1.82, 2.24) is 10.6 Å². The summed E-state index contributed by atoms with van der Waals surface area (Å²) >= 11 is 0. The molecule has 0 spiro atoms. The molecule has 6 saturated heterocycles. The molecule has 758 valence electrons. The zero-order valence-electron chi connectivity index (χ0n) is 77.9. The van der Waals surface area contributed by atoms with Gasteiger partial charge in [-0.15, -0.1) is 6.58 Å². The molecule has 52 heteroatoms. The Morgan fingerprint density at radius 2 is 0.696 bits per heavy atom. The molecule has 0 radical (unpaired) electrons. The van der Waals surface area contributed by atoms with Crippen molar-refractivity contribution in [3.05, 3.63) is 12.7 Å². The van der Waals surface area contributed by atoms with Gasteiger partial charge in [-0.25, -0.2) is 4.79 Å². The van der Waals surface area contributed by atoms with E-state index in [1.165, 1.54) is 13.0 Å². The Hall–Kier alpha value is -11.3. The quantitative estimate of drug-likeness (QED) is 0.0295. The Morgan fingerprint density at radius 3 is 1.13 bits per heavy atom. The summed E-state index contributed by atoms with van der Waals surface area (Å²) in [6.45, 7) is 16.0. The number of nitrogens with one attached hydrogen (secondary N) is 2. The summed E-state index contributed by atoms with van der Waals surface area (Å²) in [4.78, 5) is 273. The van der Waals surface area contributed by atoms with Crippen LogP contribution in [0.1, 0.15) is 158 Å². The van der Waals surface area contributed by atoms with Gasteiger partial charge >= 0.3 is 107 Å². The van der Waals surface area contributed by atoms with Crippen LogP contribution >= 0.6 is 0 Å². The molecule has 31 atom stereocenters. The van der Waals surface area contributed by atoms with Crippen LogP contribution in [-0.2, 0) is 238 Å². The second-order valence-corrected chi connectivity index (χ2v) is 31.2. The van der Waals surface area contributed by atoms with Gasteiger partial charge < -0.3 is 153 Å². The fourth-order valence-corrected chi connectivity index (χ4v) is 15.3. The van der Waals surface area contributed by atoms with Crippen molar-refractivity contribution in [2.45, 2.75) is 347 Å². The number of esters is 18. The largest absolute Gasteiger partial charge is 0.465 e. The van der Waals surface area contributed by atoms with E-state index in [9.17, 15) is 91.1 Å². The number of methoxy groups -OCH3 is 1. The molecule has 6 aliphatic heterocycles. The highest BCUT2D eigenvalue weighted by molar-refractivity contribution is 5.80. The molecule has 6 fully saturated rings. The van der Waals surface area contributed by atoms with Gasteiger partial charge in [0.05, 0.1) is 32.3 Å². The number of carbonyl (C=O) groups is 20. The first-order valence-corrected chi connectivity index (χ1v) is 42.1. The molecule has 0 bridgehead atoms. The number of allylic oxidation sites excluding steroid dienone is 1. The van der Waals surface area contributed by atoms with E-state index in [1.54, 1.807) is 0 Å². The van der Waals surface area contributed by atoms with Crippen LogP contribution in [0.2, 0.25) is 0 Å². The average molecular weight is 1940 g/mol. The first-order valence-electron chi connectivity index (χ1n) is 42.1. The van der Waals surface area contributed by atoms with Crippen molar-refractivity contribution in [1.29, 1.82) is 0 Å². The molecule has 0 aromatic rings. The topological polar surface area (TPSA) is 642 Å². The van der Waals surface area contributed by atoms with Gasteiger partial charge in [-0.1, -0.05) is 6.08 Å². The van der Waals surface area contributed by atoms with Crippen LogP contribution in [0.5, 0.6) is 0 Å². The van der Waals surface area contributed by atoms with Crippen molar-refractivity contribution in [2.75, 3.05) is 46.8 Å². The number of rotatable bonds is 42. The maximum absolute atomic E-state index is 15.9. The van der Waals surface area contributed by atoms with Gasteiger partial charge in [0.2, 0.25) is 11.8 Å². The molecular formula is C83H116N2O50. The van der Waals surface area contributed by atoms with Crippen LogP contribution in [0.3, 0.4) is 0 Å². The summed E-state index contributed by atoms with van der Waals surface area (Å²) < 4.78 is 183. The number of amides is 2. The predicted molar refractivity (Wildman–Crippen MR) is 428 cm³/mol. The van der Waals surface area contributed by atoms with Gasteiger partial charge in [-0.3, -0.25) is 91.1 Å². The zero-order valence-corrected chi connectivity index (χ0v) is 77.9. The summed E-state index contributed by atoms with van der Waals surface area (Å²) in [5, 5.41) is 5.04. The van der Waals surface area contributed by atoms with E-state index in [4.69, 9.17) is 142 Å². The standard InChI is InChI=1S/C83H116N2O50/c1-23-24-25-26-107-78-73(123-50(19)102)71(122-49(18)101)65(57(127-78)31-111-39(8)91)131-81-76(125-52(21)104)72(135-83(82(105)106-22)27-53(114-41(10)93)59(84-34(3)86)68(134-83)63(118-45(14)97)54(115-42(11)94)28-108-36(5)88)66(58(129-81)32-112-40(9)92)130-77-60(85-35(4)87)67(62(117-44(13)96)55(126-77)29-109-37(6)89)132-80-75(70(121-48(17)100)64(119-46(15)98)56(128-80)30-110-38(7)90)133-79-74(124-51(20)103)69(120-47(16)99)61(33(2)113-79)116-43(12)95/h23,33,53-81H,1,24-32H2,2-22H3,(H,84,86)(H,85,87)/t33-,53-,54+,55+,56+,57+,58+,59+,60+,61+,62-,63+,64-,65+,66-,67+,68+,69+,70-,71-,72-,73+,74-,75+,76+,77-,78+,79-,80-,81-,83-/m0/s1. The lowest BCUT2D eigenvalue weighted by molar-refractivity contribution is -0.405. The van der Waals surface area contributed by atoms with Crippen LogP contribution in [0.15, 0.2) is 12.7 Å². The molecule has 0 unspecified atom stereocenters. The Labute approximate surface area is 772 Å². The highest BCUT2D eigenvalue weighted by Gasteiger charge is 2.67. The average Bonchev–Trinajstić information content (AvgIpc) is 0.733. The lowest BCUT2D eigenvalue weighted by Gasteiger charge is -2.54. The summed E-state index contributed by atoms with van der Waals surface area (Å²) in [5.41, 5.74) is 0. The van der Waals surface area contributed by atoms with Crippen LogP contribution in [-0.4, -0.2) is 356 Å². The van der Waals surface area contributed by atoms with Gasteiger partial charge in [-0.2, -0.15) is 0 Å². The Kier molecular flexibility index (Phi) is 43.4. The van der Waals surface area contributed by atoms with Gasteiger partial charge in [0.15, 0.2) is 105 Å². The third-order valence-electron chi connectivity index (χ3n) is 19.9. The highest BCUT2D eigenvalue weighted by atomic mass is 16.8. The summed E-state index contributed by atoms with van der Waals surface area (Å²) in [6, 6.07) is -4.36. The summed E-state index contributed by atoms with van der Waals surface area (Å²) in [6.07, 6.45) is -61.1. The molecule has 0 aromatic carbocycles. The third-order valence-corrected chi connectivity index (χ3v) is 19.9. The maximum atomic E-state index is 15.9. The molecule has 0 saturated carbocycles. The highest BCUT2D eigenvalue weighted by Crippen LogP contribution is 2.46. The fraction of sp³-hybridized carbons (Fsp3) is 0.735. The predicted octanol–water partition coefficient (Wildman–Crippen LogP) is -1.80. The molecule has 6 rings (SSSR count). The Balaban J connectivity index is 1.86. The van der Waals surface area contributed by atoms with E-state index in [0.717, 1.165) is 132 Å². The normalized spacial score (nSPS) is 31.8. The number of carbonyl (C=O) groups excluding carboxylic acids is 20. The SMILES string of the molecule is C=CCCCO[C@@H]1O[C@H](COC(C)=O)[C@@H](O[C@@H]2O[C@H](COC(C)=O)[C@H](O[C@@H]3O[C@H](COC(C)=O)[C@H](OC(C)=O)[C@H](O[C@@H]4O[C@H](COC(C)=O)[C@H](OC(C)=O)[C@H](OC(C)=O)[C@H]4O[C@@H]4O[C@@H](C)[C@@H](OC(C)=O)[C@@H](OC(C)=O)[C@@H]4OC(C)=O)[C@H]3NC(C)=O)[C@H](O[C@]3(C(=O)OC)C[C@H](OC(C)=O)[C@@H](NC(C)=O)[C@H]([C@H](OC(C)=O)[C@@H](COC(C)=O)OC(C)=O)O3)[C@H]2OC(C)=O)[C@H](OC(C)=O)[C@H]1OC(C)=O. The minimum atomic E-state index is -3.59. The van der Waals surface area contributed by atoms with E-state index < -0.39 is 348 Å². The molecule has 135 heavy (non-hydrogen) atoms. The van der Waals surface area contributed by atoms with E-state index in [-0.39, 0.29) is 13.0 Å². The number of unbranched alkanes of at least 4 members (excludes halogenated alkanes) is 1. The summed E-state index contributed by atoms with van der Waals surface area (Å²) in [7, 11) is 0.709. The lowest BCUT2D eigenvalue weighted by atomic mass is 9.87. The number of ether oxygens (including phenoxy) is 30. The third kappa shape index (κ3) is 33.6. The molecule has 2 N–H and O–H groups in total. The van der Waals surface area contributed by atoms with E-state index >= 15 is 4.79 Å². The Morgan fingerprint density at radius 1 is 0.356 bits per heavy atom. The lowest BCUT2D eigenvalue weighted by Crippen LogP contribution is -2.73. The summed E-state index contributed by atoms with van der Waals surface area (Å²) in [5.74, 6) is -27.3. The molecule has 52 nitrogen and oxygen atoms in total. The Bertz CT molecular complexity index is 4230. The van der Waals surface area contributed by atoms with Gasteiger partial charge in [0.1, 0.15) is 100 Å². The molecule has 0 aromatic heterocycles. The minimum Gasteiger partial charge on any atom is -0.465 e. The van der Waals surface area contributed by atoms with E-state index in [0.29, 0.717) is 13.5 Å². The van der Waals surface area contributed by atoms with Crippen LogP contribution < -0.4 is 10.6 Å². The zero-order chi connectivity index (χ0) is 101. The van der Waals surface area contributed by atoms with Crippen molar-refractivity contribution in [2.24, 2.45) is 0 Å². The molecule has 0 aliphatic carbocycles. The van der Waals surface area contributed by atoms with Crippen LogP contribution in [0.25, 0.3) is 0 Å². The molecule has 6 aliphatic rings. The number of hydrogen-bond donors (Lipinski definition) is 2. The van der Waals surface area contributed by atoms with Gasteiger partial charge in [0, 0.05) is 132 Å². The van der Waals surface area contributed by atoms with Crippen molar-refractivity contribution < 1.29 is 238 Å². The van der Waals surface area contributed by atoms with Crippen molar-refractivity contribution in [3.8, 4) is 0 Å². The molecular weight excluding hydrogens is 1820 g/mol. The monoisotopic (exact) mass is 1940 g/mol. The fourth-order valence-electron chi connectivity index (χ4n) is 15.3. The first kappa shape index (κ1) is 112. The maximum Gasteiger partial charge on any atom is 0.366 e. The number of hydrogen-bond acceptors (Lipinski definition) is 50. The molecule has 2 amide bonds. The van der Waals surface area contributed by atoms with E-state index in [1.807, 2.05) is 0 Å². The van der Waals surface area contributed by atoms with E-state index in [2.05, 4.69) is 17.2 Å².